The quantitative estimate of drug-likeness (QED) is 0.606. The molecule has 1 saturated heterocycles. The van der Waals surface area contributed by atoms with Gasteiger partial charge in [0.05, 0.1) is 4.91 Å². The summed E-state index contributed by atoms with van der Waals surface area (Å²) in [5.41, 5.74) is 1.89. The van der Waals surface area contributed by atoms with E-state index in [9.17, 15) is 9.59 Å². The van der Waals surface area contributed by atoms with Gasteiger partial charge in [-0.15, -0.1) is 0 Å². The van der Waals surface area contributed by atoms with Crippen molar-refractivity contribution in [1.82, 2.24) is 4.90 Å². The van der Waals surface area contributed by atoms with Gasteiger partial charge in [0.1, 0.15) is 23.2 Å². The molecule has 1 aliphatic heterocycles. The molecule has 2 aromatic carbocycles. The van der Waals surface area contributed by atoms with Gasteiger partial charge in [0.15, 0.2) is 0 Å². The lowest BCUT2D eigenvalue weighted by Gasteiger charge is -2.10. The van der Waals surface area contributed by atoms with Gasteiger partial charge < -0.3 is 9.84 Å². The highest BCUT2D eigenvalue weighted by Gasteiger charge is 2.33. The van der Waals surface area contributed by atoms with Crippen LogP contribution in [0.15, 0.2) is 59.5 Å². The number of carboxylic acid groups (broad SMARTS) is 1. The lowest BCUT2D eigenvalue weighted by atomic mass is 10.2. The second-order valence-corrected chi connectivity index (χ2v) is 7.18. The number of benzene rings is 2. The summed E-state index contributed by atoms with van der Waals surface area (Å²) < 4.78 is 5.98. The molecule has 2 aromatic rings. The summed E-state index contributed by atoms with van der Waals surface area (Å²) in [6.45, 7) is 0.0578. The predicted octanol–water partition coefficient (Wildman–Crippen LogP) is 3.55. The largest absolute Gasteiger partial charge is 0.489 e. The number of hydrogen-bond acceptors (Lipinski definition) is 5. The third-order valence-electron chi connectivity index (χ3n) is 3.59. The van der Waals surface area contributed by atoms with Crippen LogP contribution in [0, 0.1) is 0 Å². The van der Waals surface area contributed by atoms with E-state index in [1.165, 1.54) is 0 Å². The van der Waals surface area contributed by atoms with E-state index in [0.29, 0.717) is 11.5 Å². The topological polar surface area (TPSA) is 66.8 Å². The molecule has 0 aromatic heterocycles. The molecule has 0 radical (unpaired) electrons. The van der Waals surface area contributed by atoms with Crippen LogP contribution in [0.1, 0.15) is 11.1 Å². The normalized spacial score (nSPS) is 15.5. The number of thioether (sulfide) groups is 1. The van der Waals surface area contributed by atoms with Gasteiger partial charge in [0.25, 0.3) is 5.91 Å². The molecular weight excluding hydrogens is 370 g/mol. The number of nitrogens with zero attached hydrogens (tertiary/aromatic N) is 1. The molecule has 1 heterocycles. The van der Waals surface area contributed by atoms with Gasteiger partial charge in [-0.25, -0.2) is 0 Å². The average Bonchev–Trinajstić information content (AvgIpc) is 2.89. The molecule has 1 N–H and O–H groups in total. The summed E-state index contributed by atoms with van der Waals surface area (Å²) in [7, 11) is 0. The molecule has 0 bridgehead atoms. The van der Waals surface area contributed by atoms with Crippen molar-refractivity contribution in [3.63, 3.8) is 0 Å². The van der Waals surface area contributed by atoms with E-state index >= 15 is 0 Å². The van der Waals surface area contributed by atoms with Crippen molar-refractivity contribution in [1.29, 1.82) is 0 Å². The van der Waals surface area contributed by atoms with Crippen molar-refractivity contribution in [3.05, 3.63) is 70.6 Å². The summed E-state index contributed by atoms with van der Waals surface area (Å²) in [6, 6.07) is 17.2. The standard InChI is InChI=1S/C19H15NO4S2/c21-17(22)11-20-18(23)16(26-19(20)25)10-13-6-8-15(9-7-13)24-12-14-4-2-1-3-5-14/h1-10H,11-12H2,(H,21,22). The zero-order valence-corrected chi connectivity index (χ0v) is 15.3. The van der Waals surface area contributed by atoms with E-state index < -0.39 is 12.5 Å². The first kappa shape index (κ1) is 18.2. The van der Waals surface area contributed by atoms with Crippen molar-refractivity contribution in [2.24, 2.45) is 0 Å². The molecule has 1 fully saturated rings. The zero-order chi connectivity index (χ0) is 18.5. The van der Waals surface area contributed by atoms with Gasteiger partial charge in [-0.1, -0.05) is 66.4 Å². The van der Waals surface area contributed by atoms with Crippen LogP contribution >= 0.6 is 24.0 Å². The predicted molar refractivity (Wildman–Crippen MR) is 105 cm³/mol. The molecule has 3 rings (SSSR count). The number of hydrogen-bond donors (Lipinski definition) is 1. The maximum atomic E-state index is 12.2. The van der Waals surface area contributed by atoms with Crippen molar-refractivity contribution in [3.8, 4) is 5.75 Å². The number of amides is 1. The fraction of sp³-hybridized carbons (Fsp3) is 0.105. The van der Waals surface area contributed by atoms with E-state index in [0.717, 1.165) is 33.5 Å². The first-order chi connectivity index (χ1) is 12.5. The summed E-state index contributed by atoms with van der Waals surface area (Å²) in [4.78, 5) is 24.6. The van der Waals surface area contributed by atoms with Gasteiger partial charge in [-0.3, -0.25) is 14.5 Å². The number of ether oxygens (including phenoxy) is 1. The Morgan fingerprint density at radius 3 is 2.50 bits per heavy atom. The van der Waals surface area contributed by atoms with E-state index in [2.05, 4.69) is 0 Å². The SMILES string of the molecule is O=C(O)CN1C(=O)C(=Cc2ccc(OCc3ccccc3)cc2)SC1=S. The minimum absolute atomic E-state index is 0.256. The van der Waals surface area contributed by atoms with Crippen LogP contribution in [0.3, 0.4) is 0 Å². The Balaban J connectivity index is 1.65. The minimum atomic E-state index is -1.09. The van der Waals surface area contributed by atoms with Crippen molar-refractivity contribution in [2.75, 3.05) is 6.54 Å². The molecule has 5 nitrogen and oxygen atoms in total. The van der Waals surface area contributed by atoms with E-state index in [-0.39, 0.29) is 10.2 Å². The van der Waals surface area contributed by atoms with Gasteiger partial charge >= 0.3 is 5.97 Å². The molecule has 1 aliphatic rings. The number of carboxylic acids is 1. The molecule has 0 unspecified atom stereocenters. The summed E-state index contributed by atoms with van der Waals surface area (Å²) in [5.74, 6) is -0.751. The lowest BCUT2D eigenvalue weighted by Crippen LogP contribution is -2.33. The molecule has 7 heteroatoms. The van der Waals surface area contributed by atoms with E-state index in [1.54, 1.807) is 6.08 Å². The van der Waals surface area contributed by atoms with Crippen LogP contribution in [-0.2, 0) is 16.2 Å². The smallest absolute Gasteiger partial charge is 0.323 e. The third-order valence-corrected chi connectivity index (χ3v) is 4.97. The Morgan fingerprint density at radius 2 is 1.85 bits per heavy atom. The second-order valence-electron chi connectivity index (χ2n) is 5.50. The first-order valence-electron chi connectivity index (χ1n) is 7.77. The van der Waals surface area contributed by atoms with E-state index in [1.807, 2.05) is 54.6 Å². The van der Waals surface area contributed by atoms with Crippen LogP contribution in [0.4, 0.5) is 0 Å². The van der Waals surface area contributed by atoms with Gasteiger partial charge in [-0.05, 0) is 29.3 Å². The number of carbonyl (C=O) groups excluding carboxylic acids is 1. The number of rotatable bonds is 6. The van der Waals surface area contributed by atoms with Crippen molar-refractivity contribution >= 4 is 46.3 Å². The molecular formula is C19H15NO4S2. The molecule has 0 spiro atoms. The first-order valence-corrected chi connectivity index (χ1v) is 8.99. The average molecular weight is 385 g/mol. The summed E-state index contributed by atoms with van der Waals surface area (Å²) in [5, 5.41) is 8.85. The molecule has 0 saturated carbocycles. The van der Waals surface area contributed by atoms with Gasteiger partial charge in [0, 0.05) is 0 Å². The summed E-state index contributed by atoms with van der Waals surface area (Å²) in [6.07, 6.45) is 1.70. The van der Waals surface area contributed by atoms with Gasteiger partial charge in [-0.2, -0.15) is 0 Å². The van der Waals surface area contributed by atoms with Crippen LogP contribution in [0.5, 0.6) is 5.75 Å². The Kier molecular flexibility index (Phi) is 5.70. The van der Waals surface area contributed by atoms with Crippen LogP contribution in [0.2, 0.25) is 0 Å². The minimum Gasteiger partial charge on any atom is -0.489 e. The van der Waals surface area contributed by atoms with Gasteiger partial charge in [0.2, 0.25) is 0 Å². The molecule has 26 heavy (non-hydrogen) atoms. The molecule has 0 atom stereocenters. The highest BCUT2D eigenvalue weighted by atomic mass is 32.2. The highest BCUT2D eigenvalue weighted by molar-refractivity contribution is 8.26. The highest BCUT2D eigenvalue weighted by Crippen LogP contribution is 2.32. The number of thiocarbonyl (C=S) groups is 1. The maximum Gasteiger partial charge on any atom is 0.323 e. The third kappa shape index (κ3) is 4.50. The number of aliphatic carboxylic acids is 1. The van der Waals surface area contributed by atoms with Crippen LogP contribution < -0.4 is 4.74 Å². The van der Waals surface area contributed by atoms with Crippen LogP contribution in [0.25, 0.3) is 6.08 Å². The Labute approximate surface area is 160 Å². The second kappa shape index (κ2) is 8.16. The Bertz CT molecular complexity index is 863. The Hall–Kier alpha value is -2.64. The zero-order valence-electron chi connectivity index (χ0n) is 13.6. The Morgan fingerprint density at radius 1 is 1.15 bits per heavy atom. The fourth-order valence-corrected chi connectivity index (χ4v) is 3.58. The number of carbonyl (C=O) groups is 2. The molecule has 1 amide bonds. The van der Waals surface area contributed by atoms with Crippen molar-refractivity contribution < 1.29 is 19.4 Å². The molecule has 132 valence electrons. The molecule has 0 aliphatic carbocycles. The monoisotopic (exact) mass is 385 g/mol. The maximum absolute atomic E-state index is 12.2. The van der Waals surface area contributed by atoms with Crippen molar-refractivity contribution in [2.45, 2.75) is 6.61 Å². The summed E-state index contributed by atoms with van der Waals surface area (Å²) >= 11 is 6.18. The fourth-order valence-electron chi connectivity index (χ4n) is 2.32. The van der Waals surface area contributed by atoms with E-state index in [4.69, 9.17) is 22.1 Å². The lowest BCUT2D eigenvalue weighted by molar-refractivity contribution is -0.140. The van der Waals surface area contributed by atoms with Crippen LogP contribution in [-0.4, -0.2) is 32.7 Å².